The fourth-order valence-electron chi connectivity index (χ4n) is 1.62. The molecule has 98 valence electrons. The third-order valence-electron chi connectivity index (χ3n) is 2.53. The highest BCUT2D eigenvalue weighted by Gasteiger charge is 2.03. The Hall–Kier alpha value is -2.56. The minimum atomic E-state index is -0.394. The first-order chi connectivity index (χ1) is 9.15. The number of nitrogens with zero attached hydrogens (tertiary/aromatic N) is 1. The Bertz CT molecular complexity index is 589. The minimum Gasteiger partial charge on any atom is -0.463 e. The van der Waals surface area contributed by atoms with Crippen LogP contribution in [0.1, 0.15) is 16.9 Å². The lowest BCUT2D eigenvalue weighted by atomic mass is 10.1. The maximum Gasteiger partial charge on any atom is 0.339 e. The SMILES string of the molecule is Cc1ccc(NC(=O)NN=Cc2ccco2)c(C)c1. The van der Waals surface area contributed by atoms with Crippen molar-refractivity contribution in [2.24, 2.45) is 5.10 Å². The number of carbonyl (C=O) groups excluding carboxylic acids is 1. The first-order valence-corrected chi connectivity index (χ1v) is 5.86. The first kappa shape index (κ1) is 12.9. The number of nitrogens with one attached hydrogen (secondary N) is 2. The van der Waals surface area contributed by atoms with Gasteiger partial charge < -0.3 is 9.73 Å². The summed E-state index contributed by atoms with van der Waals surface area (Å²) in [6.45, 7) is 3.94. The number of furan rings is 1. The quantitative estimate of drug-likeness (QED) is 0.655. The molecule has 19 heavy (non-hydrogen) atoms. The van der Waals surface area contributed by atoms with Gasteiger partial charge in [0, 0.05) is 5.69 Å². The van der Waals surface area contributed by atoms with E-state index in [0.717, 1.165) is 16.8 Å². The number of urea groups is 1. The predicted molar refractivity (Wildman–Crippen MR) is 74.4 cm³/mol. The van der Waals surface area contributed by atoms with Crippen molar-refractivity contribution in [3.8, 4) is 0 Å². The van der Waals surface area contributed by atoms with Gasteiger partial charge in [-0.3, -0.25) is 0 Å². The van der Waals surface area contributed by atoms with Crippen LogP contribution in [0.5, 0.6) is 0 Å². The number of hydrogen-bond acceptors (Lipinski definition) is 3. The molecule has 2 rings (SSSR count). The zero-order valence-corrected chi connectivity index (χ0v) is 10.8. The number of hydrazone groups is 1. The van der Waals surface area contributed by atoms with Crippen molar-refractivity contribution in [1.29, 1.82) is 0 Å². The second kappa shape index (κ2) is 5.86. The highest BCUT2D eigenvalue weighted by molar-refractivity contribution is 5.90. The second-order valence-corrected chi connectivity index (χ2v) is 4.16. The standard InChI is InChI=1S/C14H15N3O2/c1-10-5-6-13(11(2)8-10)16-14(18)17-15-9-12-4-3-7-19-12/h3-9H,1-2H3,(H2,16,17,18). The van der Waals surface area contributed by atoms with Crippen molar-refractivity contribution >= 4 is 17.9 Å². The van der Waals surface area contributed by atoms with Crippen molar-refractivity contribution in [1.82, 2.24) is 5.43 Å². The van der Waals surface area contributed by atoms with Crippen LogP contribution in [0.3, 0.4) is 0 Å². The molecule has 1 aromatic carbocycles. The molecule has 0 saturated heterocycles. The lowest BCUT2D eigenvalue weighted by Gasteiger charge is -2.08. The number of benzene rings is 1. The molecule has 0 atom stereocenters. The summed E-state index contributed by atoms with van der Waals surface area (Å²) in [5, 5.41) is 6.50. The summed E-state index contributed by atoms with van der Waals surface area (Å²) in [7, 11) is 0. The Balaban J connectivity index is 1.91. The molecule has 1 aromatic heterocycles. The van der Waals surface area contributed by atoms with Crippen molar-refractivity contribution in [2.75, 3.05) is 5.32 Å². The number of aryl methyl sites for hydroxylation is 2. The van der Waals surface area contributed by atoms with Crippen molar-refractivity contribution < 1.29 is 9.21 Å². The molecule has 0 aliphatic carbocycles. The second-order valence-electron chi connectivity index (χ2n) is 4.16. The molecule has 5 heteroatoms. The van der Waals surface area contributed by atoms with E-state index >= 15 is 0 Å². The molecule has 2 N–H and O–H groups in total. The van der Waals surface area contributed by atoms with Crippen LogP contribution in [0.15, 0.2) is 46.1 Å². The van der Waals surface area contributed by atoms with Gasteiger partial charge in [0.2, 0.25) is 0 Å². The highest BCUT2D eigenvalue weighted by atomic mass is 16.3. The molecule has 2 aromatic rings. The third kappa shape index (κ3) is 3.70. The van der Waals surface area contributed by atoms with E-state index in [1.807, 2.05) is 32.0 Å². The van der Waals surface area contributed by atoms with Gasteiger partial charge in [-0.2, -0.15) is 5.10 Å². The molecule has 0 aliphatic heterocycles. The van der Waals surface area contributed by atoms with Gasteiger partial charge in [0.05, 0.1) is 12.5 Å². The van der Waals surface area contributed by atoms with E-state index in [1.54, 1.807) is 12.1 Å². The molecule has 0 saturated carbocycles. The van der Waals surface area contributed by atoms with E-state index in [2.05, 4.69) is 15.8 Å². The molecule has 0 unspecified atom stereocenters. The summed E-state index contributed by atoms with van der Waals surface area (Å²) in [5.74, 6) is 0.576. The molecule has 0 aliphatic rings. The van der Waals surface area contributed by atoms with Gasteiger partial charge in [-0.15, -0.1) is 0 Å². The van der Waals surface area contributed by atoms with Gasteiger partial charge in [0.25, 0.3) is 0 Å². The molecule has 2 amide bonds. The van der Waals surface area contributed by atoms with E-state index in [4.69, 9.17) is 4.42 Å². The third-order valence-corrected chi connectivity index (χ3v) is 2.53. The molecular formula is C14H15N3O2. The van der Waals surface area contributed by atoms with Gasteiger partial charge in [-0.05, 0) is 37.6 Å². The molecule has 0 fully saturated rings. The fourth-order valence-corrected chi connectivity index (χ4v) is 1.62. The maximum absolute atomic E-state index is 11.6. The molecule has 0 bridgehead atoms. The van der Waals surface area contributed by atoms with Crippen molar-refractivity contribution in [2.45, 2.75) is 13.8 Å². The number of anilines is 1. The zero-order chi connectivity index (χ0) is 13.7. The molecule has 1 heterocycles. The summed E-state index contributed by atoms with van der Waals surface area (Å²) in [5.41, 5.74) is 5.29. The normalized spacial score (nSPS) is 10.6. The number of amides is 2. The smallest absolute Gasteiger partial charge is 0.339 e. The maximum atomic E-state index is 11.6. The summed E-state index contributed by atoms with van der Waals surface area (Å²) < 4.78 is 5.04. The summed E-state index contributed by atoms with van der Waals surface area (Å²) in [6, 6.07) is 8.90. The Morgan fingerprint density at radius 3 is 2.84 bits per heavy atom. The number of carbonyl (C=O) groups is 1. The van der Waals surface area contributed by atoms with Crippen LogP contribution in [0.25, 0.3) is 0 Å². The van der Waals surface area contributed by atoms with Gasteiger partial charge in [-0.25, -0.2) is 10.2 Å². The van der Waals surface area contributed by atoms with Crippen LogP contribution in [0.4, 0.5) is 10.5 Å². The van der Waals surface area contributed by atoms with E-state index in [1.165, 1.54) is 12.5 Å². The molecule has 5 nitrogen and oxygen atoms in total. The van der Waals surface area contributed by atoms with E-state index in [9.17, 15) is 4.79 Å². The number of hydrogen-bond donors (Lipinski definition) is 2. The van der Waals surface area contributed by atoms with E-state index in [0.29, 0.717) is 5.76 Å². The largest absolute Gasteiger partial charge is 0.463 e. The lowest BCUT2D eigenvalue weighted by molar-refractivity contribution is 0.252. The minimum absolute atomic E-state index is 0.394. The van der Waals surface area contributed by atoms with E-state index < -0.39 is 6.03 Å². The van der Waals surface area contributed by atoms with Gasteiger partial charge in [-0.1, -0.05) is 17.7 Å². The molecule has 0 spiro atoms. The first-order valence-electron chi connectivity index (χ1n) is 5.86. The zero-order valence-electron chi connectivity index (χ0n) is 10.8. The van der Waals surface area contributed by atoms with Crippen LogP contribution >= 0.6 is 0 Å². The Morgan fingerprint density at radius 2 is 2.16 bits per heavy atom. The summed E-state index contributed by atoms with van der Waals surface area (Å²) in [4.78, 5) is 11.6. The van der Waals surface area contributed by atoms with Crippen LogP contribution < -0.4 is 10.7 Å². The Kier molecular flexibility index (Phi) is 3.97. The average molecular weight is 257 g/mol. The monoisotopic (exact) mass is 257 g/mol. The Morgan fingerprint density at radius 1 is 1.32 bits per heavy atom. The van der Waals surface area contributed by atoms with Gasteiger partial charge in [0.15, 0.2) is 0 Å². The predicted octanol–water partition coefficient (Wildman–Crippen LogP) is 3.05. The average Bonchev–Trinajstić information content (AvgIpc) is 2.86. The topological polar surface area (TPSA) is 66.6 Å². The Labute approximate surface area is 111 Å². The highest BCUT2D eigenvalue weighted by Crippen LogP contribution is 2.15. The van der Waals surface area contributed by atoms with Crippen molar-refractivity contribution in [3.63, 3.8) is 0 Å². The van der Waals surface area contributed by atoms with Crippen LogP contribution in [-0.4, -0.2) is 12.2 Å². The lowest BCUT2D eigenvalue weighted by Crippen LogP contribution is -2.24. The van der Waals surface area contributed by atoms with E-state index in [-0.39, 0.29) is 0 Å². The molecular weight excluding hydrogens is 242 g/mol. The van der Waals surface area contributed by atoms with Crippen molar-refractivity contribution in [3.05, 3.63) is 53.5 Å². The summed E-state index contributed by atoms with van der Waals surface area (Å²) >= 11 is 0. The van der Waals surface area contributed by atoms with Crippen LogP contribution in [0, 0.1) is 13.8 Å². The van der Waals surface area contributed by atoms with Crippen LogP contribution in [-0.2, 0) is 0 Å². The van der Waals surface area contributed by atoms with Gasteiger partial charge >= 0.3 is 6.03 Å². The van der Waals surface area contributed by atoms with Crippen LogP contribution in [0.2, 0.25) is 0 Å². The molecule has 0 radical (unpaired) electrons. The number of rotatable bonds is 3. The fraction of sp³-hybridized carbons (Fsp3) is 0.143. The summed E-state index contributed by atoms with van der Waals surface area (Å²) in [6.07, 6.45) is 2.97. The van der Waals surface area contributed by atoms with Gasteiger partial charge in [0.1, 0.15) is 5.76 Å².